The minimum atomic E-state index is -0.852. The molecule has 41 heavy (non-hydrogen) atoms. The summed E-state index contributed by atoms with van der Waals surface area (Å²) in [5, 5.41) is 8.00. The predicted molar refractivity (Wildman–Crippen MR) is 163 cm³/mol. The van der Waals surface area contributed by atoms with Gasteiger partial charge in [0, 0.05) is 40.7 Å². The molecule has 5 N–H and O–H groups in total. The number of methoxy groups -OCH3 is 1. The Morgan fingerprint density at radius 2 is 1.80 bits per heavy atom. The monoisotopic (exact) mass is 576 g/mol. The fourth-order valence-corrected chi connectivity index (χ4v) is 5.70. The Balaban J connectivity index is 0.00000387. The molecule has 2 heterocycles. The third-order valence-corrected chi connectivity index (χ3v) is 8.07. The maximum atomic E-state index is 14.1. The van der Waals surface area contributed by atoms with Crippen LogP contribution < -0.4 is 21.1 Å². The number of primary amides is 1. The SMILES string of the molecule is COc1ccc(-c2ccc(C[C@@H](C(N)=O)N(C(=O)C3CCC(CN)CC3)c3ccc4cn[nH]c4c3)cc2)c(C)n1.Cl. The highest BCUT2D eigenvalue weighted by Crippen LogP contribution is 2.33. The highest BCUT2D eigenvalue weighted by molar-refractivity contribution is 6.03. The van der Waals surface area contributed by atoms with Crippen LogP contribution in [-0.4, -0.2) is 46.7 Å². The van der Waals surface area contributed by atoms with Crippen molar-refractivity contribution in [1.82, 2.24) is 15.2 Å². The van der Waals surface area contributed by atoms with Crippen LogP contribution in [0, 0.1) is 18.8 Å². The Bertz CT molecular complexity index is 1500. The third-order valence-electron chi connectivity index (χ3n) is 8.07. The Kier molecular flexibility index (Phi) is 9.62. The molecule has 216 valence electrons. The number of hydrogen-bond acceptors (Lipinski definition) is 6. The average Bonchev–Trinajstić information content (AvgIpc) is 3.45. The van der Waals surface area contributed by atoms with E-state index in [1.165, 1.54) is 0 Å². The number of carbonyl (C=O) groups is 2. The van der Waals surface area contributed by atoms with Gasteiger partial charge in [0.1, 0.15) is 6.04 Å². The summed E-state index contributed by atoms with van der Waals surface area (Å²) in [5.41, 5.74) is 17.1. The maximum Gasteiger partial charge on any atom is 0.240 e. The van der Waals surface area contributed by atoms with Gasteiger partial charge in [-0.2, -0.15) is 5.10 Å². The van der Waals surface area contributed by atoms with E-state index in [1.807, 2.05) is 61.5 Å². The second-order valence-electron chi connectivity index (χ2n) is 10.6. The van der Waals surface area contributed by atoms with Crippen LogP contribution in [0.5, 0.6) is 5.88 Å². The van der Waals surface area contributed by atoms with Crippen molar-refractivity contribution in [3.05, 3.63) is 72.1 Å². The number of benzene rings is 2. The first kappa shape index (κ1) is 30.0. The molecule has 1 fully saturated rings. The zero-order valence-electron chi connectivity index (χ0n) is 23.4. The zero-order valence-corrected chi connectivity index (χ0v) is 24.2. The lowest BCUT2D eigenvalue weighted by Crippen LogP contribution is -2.52. The van der Waals surface area contributed by atoms with Gasteiger partial charge in [-0.3, -0.25) is 19.6 Å². The average molecular weight is 577 g/mol. The van der Waals surface area contributed by atoms with Gasteiger partial charge in [0.15, 0.2) is 0 Å². The molecule has 0 unspecified atom stereocenters. The summed E-state index contributed by atoms with van der Waals surface area (Å²) in [7, 11) is 1.59. The number of halogens is 1. The molecule has 1 saturated carbocycles. The molecule has 2 aromatic heterocycles. The van der Waals surface area contributed by atoms with Crippen LogP contribution >= 0.6 is 12.4 Å². The van der Waals surface area contributed by atoms with Crippen LogP contribution in [0.4, 0.5) is 5.69 Å². The lowest BCUT2D eigenvalue weighted by Gasteiger charge is -2.35. The van der Waals surface area contributed by atoms with Gasteiger partial charge < -0.3 is 16.2 Å². The summed E-state index contributed by atoms with van der Waals surface area (Å²) in [5.74, 6) is 0.197. The second-order valence-corrected chi connectivity index (χ2v) is 10.6. The quantitative estimate of drug-likeness (QED) is 0.267. The smallest absolute Gasteiger partial charge is 0.240 e. The number of pyridine rings is 1. The summed E-state index contributed by atoms with van der Waals surface area (Å²) < 4.78 is 5.22. The minimum absolute atomic E-state index is 0. The summed E-state index contributed by atoms with van der Waals surface area (Å²) in [6.45, 7) is 2.57. The van der Waals surface area contributed by atoms with Crippen LogP contribution in [0.2, 0.25) is 0 Å². The van der Waals surface area contributed by atoms with Gasteiger partial charge in [0.05, 0.1) is 18.8 Å². The largest absolute Gasteiger partial charge is 0.481 e. The molecule has 1 atom stereocenters. The molecule has 0 aliphatic heterocycles. The molecular formula is C31H37ClN6O3. The molecule has 4 aromatic rings. The van der Waals surface area contributed by atoms with Crippen LogP contribution in [0.3, 0.4) is 0 Å². The molecule has 9 nitrogen and oxygen atoms in total. The number of nitrogens with zero attached hydrogens (tertiary/aromatic N) is 3. The number of ether oxygens (including phenoxy) is 1. The summed E-state index contributed by atoms with van der Waals surface area (Å²) >= 11 is 0. The number of fused-ring (bicyclic) bond motifs is 1. The number of H-pyrrole nitrogens is 1. The van der Waals surface area contributed by atoms with Crippen molar-refractivity contribution in [2.45, 2.75) is 45.1 Å². The molecule has 1 aliphatic rings. The maximum absolute atomic E-state index is 14.1. The Morgan fingerprint density at radius 3 is 2.44 bits per heavy atom. The van der Waals surface area contributed by atoms with Crippen LogP contribution in [-0.2, 0) is 16.0 Å². The summed E-state index contributed by atoms with van der Waals surface area (Å²) in [4.78, 5) is 33.1. The number of rotatable bonds is 9. The number of aromatic amines is 1. The molecule has 5 rings (SSSR count). The number of nitrogens with two attached hydrogens (primary N) is 2. The first-order valence-electron chi connectivity index (χ1n) is 13.7. The minimum Gasteiger partial charge on any atom is -0.481 e. The standard InChI is InChI=1S/C31H36N6O3.ClH/c1-19-26(13-14-29(35-19)40-2)22-7-3-20(4-8-22)15-28(30(33)38)37(25-12-11-24-18-34-36-27(24)16-25)31(39)23-9-5-21(17-32)6-10-23;/h3-4,7-8,11-14,16,18,21,23,28H,5-6,9-10,15,17,32H2,1-2H3,(H2,33,38)(H,34,36);1H/t21?,23?,28-;/m0./s1. The molecule has 2 aromatic carbocycles. The first-order valence-corrected chi connectivity index (χ1v) is 13.7. The van der Waals surface area contributed by atoms with Crippen LogP contribution in [0.15, 0.2) is 60.8 Å². The van der Waals surface area contributed by atoms with Crippen LogP contribution in [0.1, 0.15) is 36.9 Å². The fraction of sp³-hybridized carbons (Fsp3) is 0.355. The summed E-state index contributed by atoms with van der Waals surface area (Å²) in [6.07, 6.45) is 5.33. The molecule has 1 aliphatic carbocycles. The molecule has 0 radical (unpaired) electrons. The van der Waals surface area contributed by atoms with E-state index < -0.39 is 11.9 Å². The van der Waals surface area contributed by atoms with E-state index >= 15 is 0 Å². The Hall–Kier alpha value is -3.95. The van der Waals surface area contributed by atoms with Gasteiger partial charge in [0.25, 0.3) is 0 Å². The van der Waals surface area contributed by atoms with Gasteiger partial charge in [-0.15, -0.1) is 12.4 Å². The van der Waals surface area contributed by atoms with E-state index in [0.717, 1.165) is 59.0 Å². The predicted octanol–water partition coefficient (Wildman–Crippen LogP) is 4.56. The lowest BCUT2D eigenvalue weighted by atomic mass is 9.81. The van der Waals surface area contributed by atoms with Crippen molar-refractivity contribution in [3.8, 4) is 17.0 Å². The van der Waals surface area contributed by atoms with Crippen molar-refractivity contribution >= 4 is 40.8 Å². The number of aromatic nitrogens is 3. The third kappa shape index (κ3) is 6.52. The van der Waals surface area contributed by atoms with E-state index in [9.17, 15) is 9.59 Å². The molecular weight excluding hydrogens is 540 g/mol. The van der Waals surface area contributed by atoms with Gasteiger partial charge >= 0.3 is 0 Å². The molecule has 2 amide bonds. The van der Waals surface area contributed by atoms with Crippen molar-refractivity contribution in [1.29, 1.82) is 0 Å². The zero-order chi connectivity index (χ0) is 28.2. The highest BCUT2D eigenvalue weighted by atomic mass is 35.5. The number of amides is 2. The normalized spacial score (nSPS) is 17.4. The van der Waals surface area contributed by atoms with E-state index in [2.05, 4.69) is 15.2 Å². The first-order chi connectivity index (χ1) is 19.4. The van der Waals surface area contributed by atoms with E-state index in [-0.39, 0.29) is 24.2 Å². The van der Waals surface area contributed by atoms with Gasteiger partial charge in [-0.05, 0) is 80.5 Å². The van der Waals surface area contributed by atoms with Crippen LogP contribution in [0.25, 0.3) is 22.0 Å². The number of anilines is 1. The Labute approximate surface area is 246 Å². The number of carbonyl (C=O) groups excluding carboxylic acids is 2. The highest BCUT2D eigenvalue weighted by Gasteiger charge is 2.36. The molecule has 0 spiro atoms. The van der Waals surface area contributed by atoms with Crippen molar-refractivity contribution in [3.63, 3.8) is 0 Å². The van der Waals surface area contributed by atoms with E-state index in [0.29, 0.717) is 30.5 Å². The lowest BCUT2D eigenvalue weighted by molar-refractivity contribution is -0.127. The molecule has 0 saturated heterocycles. The number of nitrogens with one attached hydrogen (secondary N) is 1. The van der Waals surface area contributed by atoms with Crippen molar-refractivity contribution in [2.75, 3.05) is 18.6 Å². The van der Waals surface area contributed by atoms with Gasteiger partial charge in [-0.25, -0.2) is 4.98 Å². The number of aryl methyl sites for hydroxylation is 1. The van der Waals surface area contributed by atoms with Crippen molar-refractivity contribution < 1.29 is 14.3 Å². The van der Waals surface area contributed by atoms with E-state index in [1.54, 1.807) is 18.2 Å². The Morgan fingerprint density at radius 1 is 1.07 bits per heavy atom. The number of hydrogen-bond donors (Lipinski definition) is 3. The van der Waals surface area contributed by atoms with E-state index in [4.69, 9.17) is 16.2 Å². The van der Waals surface area contributed by atoms with Crippen molar-refractivity contribution in [2.24, 2.45) is 23.3 Å². The molecule has 0 bridgehead atoms. The summed E-state index contributed by atoms with van der Waals surface area (Å²) in [6, 6.07) is 16.5. The molecule has 10 heteroatoms. The second kappa shape index (κ2) is 13.1. The van der Waals surface area contributed by atoms with Gasteiger partial charge in [-0.1, -0.05) is 24.3 Å². The van der Waals surface area contributed by atoms with Gasteiger partial charge in [0.2, 0.25) is 17.7 Å². The fourth-order valence-electron chi connectivity index (χ4n) is 5.70. The topological polar surface area (TPSA) is 140 Å².